The third-order valence-electron chi connectivity index (χ3n) is 3.24. The molecule has 16 heavy (non-hydrogen) atoms. The highest BCUT2D eigenvalue weighted by Crippen LogP contribution is 2.35. The second-order valence-electron chi connectivity index (χ2n) is 4.05. The Bertz CT molecular complexity index is 463. The van der Waals surface area contributed by atoms with Gasteiger partial charge in [0.05, 0.1) is 17.4 Å². The standard InChI is InChI=1S/C14H18N2/c1-5-8-14-12(6-2)15(4)11(3)13-9-7-10-16(13)14/h5-11H,1H2,2-4H3/b12-6+,14-8+. The molecule has 1 unspecified atom stereocenters. The Morgan fingerprint density at radius 3 is 2.75 bits per heavy atom. The molecule has 2 nitrogen and oxygen atoms in total. The van der Waals surface area contributed by atoms with Gasteiger partial charge in [0.2, 0.25) is 0 Å². The fourth-order valence-corrected chi connectivity index (χ4v) is 2.29. The predicted octanol–water partition coefficient (Wildman–Crippen LogP) is 3.43. The quantitative estimate of drug-likeness (QED) is 0.695. The molecule has 1 aliphatic rings. The third-order valence-corrected chi connectivity index (χ3v) is 3.24. The average Bonchev–Trinajstić information content (AvgIpc) is 2.75. The predicted molar refractivity (Wildman–Crippen MR) is 68.8 cm³/mol. The molecule has 0 aliphatic carbocycles. The molecule has 1 aromatic heterocycles. The van der Waals surface area contributed by atoms with E-state index in [2.05, 4.69) is 67.4 Å². The lowest BCUT2D eigenvalue weighted by Crippen LogP contribution is -2.30. The van der Waals surface area contributed by atoms with Crippen LogP contribution in [-0.2, 0) is 0 Å². The van der Waals surface area contributed by atoms with Crippen molar-refractivity contribution in [3.63, 3.8) is 0 Å². The normalized spacial score (nSPS) is 24.9. The van der Waals surface area contributed by atoms with Gasteiger partial charge in [-0.3, -0.25) is 0 Å². The van der Waals surface area contributed by atoms with E-state index >= 15 is 0 Å². The minimum absolute atomic E-state index is 0.406. The summed E-state index contributed by atoms with van der Waals surface area (Å²) in [4.78, 5) is 2.30. The summed E-state index contributed by atoms with van der Waals surface area (Å²) in [5.41, 5.74) is 3.76. The zero-order chi connectivity index (χ0) is 11.7. The number of hydrogen-bond acceptors (Lipinski definition) is 1. The summed E-state index contributed by atoms with van der Waals surface area (Å²) in [6.45, 7) is 8.09. The van der Waals surface area contributed by atoms with Crippen LogP contribution in [0.5, 0.6) is 0 Å². The number of aromatic nitrogens is 1. The molecule has 0 N–H and O–H groups in total. The first kappa shape index (κ1) is 10.8. The van der Waals surface area contributed by atoms with Crippen LogP contribution in [0.3, 0.4) is 0 Å². The number of rotatable bonds is 1. The van der Waals surface area contributed by atoms with Crippen molar-refractivity contribution in [3.8, 4) is 0 Å². The molecule has 2 heterocycles. The fraction of sp³-hybridized carbons (Fsp3) is 0.286. The van der Waals surface area contributed by atoms with Crippen LogP contribution in [0.1, 0.15) is 25.6 Å². The Hall–Kier alpha value is -1.70. The first-order valence-electron chi connectivity index (χ1n) is 5.60. The smallest absolute Gasteiger partial charge is 0.0684 e. The van der Waals surface area contributed by atoms with E-state index in [4.69, 9.17) is 0 Å². The van der Waals surface area contributed by atoms with Gasteiger partial charge in [0.15, 0.2) is 0 Å². The van der Waals surface area contributed by atoms with Crippen LogP contribution < -0.4 is 0 Å². The largest absolute Gasteiger partial charge is 0.365 e. The van der Waals surface area contributed by atoms with Gasteiger partial charge in [-0.25, -0.2) is 0 Å². The minimum Gasteiger partial charge on any atom is -0.365 e. The Labute approximate surface area is 97.2 Å². The maximum absolute atomic E-state index is 3.79. The lowest BCUT2D eigenvalue weighted by molar-refractivity contribution is 0.316. The molecule has 0 fully saturated rings. The Balaban J connectivity index is 2.65. The summed E-state index contributed by atoms with van der Waals surface area (Å²) in [5.74, 6) is 0. The summed E-state index contributed by atoms with van der Waals surface area (Å²) >= 11 is 0. The van der Waals surface area contributed by atoms with E-state index in [0.29, 0.717) is 6.04 Å². The van der Waals surface area contributed by atoms with Gasteiger partial charge in [-0.15, -0.1) is 0 Å². The van der Waals surface area contributed by atoms with Crippen molar-refractivity contribution in [1.29, 1.82) is 0 Å². The van der Waals surface area contributed by atoms with Crippen molar-refractivity contribution < 1.29 is 0 Å². The molecule has 1 aliphatic heterocycles. The molecule has 2 heteroatoms. The van der Waals surface area contributed by atoms with Crippen LogP contribution in [0.2, 0.25) is 0 Å². The molecule has 1 atom stereocenters. The molecule has 2 rings (SSSR count). The average molecular weight is 214 g/mol. The topological polar surface area (TPSA) is 8.17 Å². The highest BCUT2D eigenvalue weighted by molar-refractivity contribution is 5.68. The second kappa shape index (κ2) is 4.05. The number of hydrogen-bond donors (Lipinski definition) is 0. The monoisotopic (exact) mass is 214 g/mol. The van der Waals surface area contributed by atoms with E-state index in [-0.39, 0.29) is 0 Å². The number of nitrogens with zero attached hydrogens (tertiary/aromatic N) is 2. The Kier molecular flexibility index (Phi) is 2.73. The van der Waals surface area contributed by atoms with Crippen LogP contribution in [0, 0.1) is 0 Å². The van der Waals surface area contributed by atoms with Crippen molar-refractivity contribution in [3.05, 3.63) is 54.5 Å². The van der Waals surface area contributed by atoms with Crippen LogP contribution in [0.4, 0.5) is 0 Å². The van der Waals surface area contributed by atoms with Gasteiger partial charge >= 0.3 is 0 Å². The summed E-state index contributed by atoms with van der Waals surface area (Å²) < 4.78 is 2.24. The summed E-state index contributed by atoms with van der Waals surface area (Å²) in [6, 6.07) is 4.67. The zero-order valence-corrected chi connectivity index (χ0v) is 10.1. The van der Waals surface area contributed by atoms with E-state index < -0.39 is 0 Å². The summed E-state index contributed by atoms with van der Waals surface area (Å²) in [5, 5.41) is 0. The number of likely N-dealkylation sites (N-methyl/N-ethyl adjacent to an activating group) is 1. The first-order valence-corrected chi connectivity index (χ1v) is 5.60. The van der Waals surface area contributed by atoms with E-state index in [1.165, 1.54) is 17.1 Å². The highest BCUT2D eigenvalue weighted by atomic mass is 15.2. The SMILES string of the molecule is C=C/C=C1\C(=C/C)N(C)C(C)c2cccn21. The molecular formula is C14H18N2. The summed E-state index contributed by atoms with van der Waals surface area (Å²) in [7, 11) is 2.13. The molecule has 0 aromatic carbocycles. The van der Waals surface area contributed by atoms with E-state index in [9.17, 15) is 0 Å². The molecule has 0 radical (unpaired) electrons. The maximum atomic E-state index is 3.79. The maximum Gasteiger partial charge on any atom is 0.0684 e. The minimum atomic E-state index is 0.406. The van der Waals surface area contributed by atoms with Crippen LogP contribution in [0.25, 0.3) is 5.70 Å². The molecule has 0 amide bonds. The van der Waals surface area contributed by atoms with Crippen LogP contribution in [-0.4, -0.2) is 16.5 Å². The van der Waals surface area contributed by atoms with Gasteiger partial charge in [0, 0.05) is 18.9 Å². The lowest BCUT2D eigenvalue weighted by Gasteiger charge is -2.37. The lowest BCUT2D eigenvalue weighted by atomic mass is 10.1. The van der Waals surface area contributed by atoms with Gasteiger partial charge in [0.25, 0.3) is 0 Å². The van der Waals surface area contributed by atoms with E-state index in [1.807, 2.05) is 6.08 Å². The van der Waals surface area contributed by atoms with Crippen LogP contribution >= 0.6 is 0 Å². The van der Waals surface area contributed by atoms with Gasteiger partial charge in [-0.2, -0.15) is 0 Å². The number of allylic oxidation sites excluding steroid dienone is 4. The fourth-order valence-electron chi connectivity index (χ4n) is 2.29. The molecule has 1 aromatic rings. The summed E-state index contributed by atoms with van der Waals surface area (Å²) in [6.07, 6.45) is 8.15. The van der Waals surface area contributed by atoms with Crippen LogP contribution in [0.15, 0.2) is 48.8 Å². The van der Waals surface area contributed by atoms with Gasteiger partial charge in [0.1, 0.15) is 0 Å². The van der Waals surface area contributed by atoms with Crippen molar-refractivity contribution in [1.82, 2.24) is 9.47 Å². The van der Waals surface area contributed by atoms with Crippen molar-refractivity contribution >= 4 is 5.70 Å². The van der Waals surface area contributed by atoms with Gasteiger partial charge < -0.3 is 9.47 Å². The molecule has 0 spiro atoms. The van der Waals surface area contributed by atoms with Crippen molar-refractivity contribution in [2.75, 3.05) is 7.05 Å². The van der Waals surface area contributed by atoms with E-state index in [0.717, 1.165) is 0 Å². The van der Waals surface area contributed by atoms with Gasteiger partial charge in [-0.1, -0.05) is 18.7 Å². The number of fused-ring (bicyclic) bond motifs is 1. The molecular weight excluding hydrogens is 196 g/mol. The van der Waals surface area contributed by atoms with Crippen molar-refractivity contribution in [2.45, 2.75) is 19.9 Å². The van der Waals surface area contributed by atoms with Gasteiger partial charge in [-0.05, 0) is 32.1 Å². The molecule has 0 bridgehead atoms. The first-order chi connectivity index (χ1) is 7.70. The zero-order valence-electron chi connectivity index (χ0n) is 10.1. The second-order valence-corrected chi connectivity index (χ2v) is 4.05. The molecule has 0 saturated carbocycles. The van der Waals surface area contributed by atoms with E-state index in [1.54, 1.807) is 0 Å². The third kappa shape index (κ3) is 1.42. The highest BCUT2D eigenvalue weighted by Gasteiger charge is 2.26. The molecule has 0 saturated heterocycles. The molecule has 84 valence electrons. The van der Waals surface area contributed by atoms with Crippen molar-refractivity contribution in [2.24, 2.45) is 0 Å². The Morgan fingerprint density at radius 1 is 1.38 bits per heavy atom. The Morgan fingerprint density at radius 2 is 2.12 bits per heavy atom.